The highest BCUT2D eigenvalue weighted by Gasteiger charge is 2.42. The Kier molecular flexibility index (Phi) is 3.40. The summed E-state index contributed by atoms with van der Waals surface area (Å²) in [5.74, 6) is -0.751. The van der Waals surface area contributed by atoms with Crippen LogP contribution >= 0.6 is 0 Å². The van der Waals surface area contributed by atoms with E-state index in [1.807, 2.05) is 25.2 Å². The summed E-state index contributed by atoms with van der Waals surface area (Å²) in [4.78, 5) is 17.2. The van der Waals surface area contributed by atoms with E-state index >= 15 is 0 Å². The monoisotopic (exact) mass is 235 g/mol. The Hall–Kier alpha value is -1.46. The Balaban J connectivity index is 2.03. The largest absolute Gasteiger partial charge is 0.481 e. The van der Waals surface area contributed by atoms with Crippen LogP contribution in [0.25, 0.3) is 0 Å². The molecule has 0 bridgehead atoms. The van der Waals surface area contributed by atoms with Crippen LogP contribution in [0.1, 0.15) is 12.1 Å². The van der Waals surface area contributed by atoms with E-state index in [0.717, 1.165) is 18.8 Å². The van der Waals surface area contributed by atoms with Gasteiger partial charge < -0.3 is 10.4 Å². The summed E-state index contributed by atoms with van der Waals surface area (Å²) in [5, 5.41) is 12.1. The molecule has 0 aliphatic carbocycles. The van der Waals surface area contributed by atoms with Crippen LogP contribution in [0.5, 0.6) is 0 Å². The van der Waals surface area contributed by atoms with E-state index in [2.05, 4.69) is 15.2 Å². The minimum absolute atomic E-state index is 0.170. The van der Waals surface area contributed by atoms with Gasteiger partial charge in [-0.1, -0.05) is 6.07 Å². The van der Waals surface area contributed by atoms with Crippen LogP contribution in [0.15, 0.2) is 24.4 Å². The average molecular weight is 235 g/mol. The summed E-state index contributed by atoms with van der Waals surface area (Å²) in [6, 6.07) is 5.78. The maximum absolute atomic E-state index is 10.9. The molecule has 5 heteroatoms. The van der Waals surface area contributed by atoms with Crippen molar-refractivity contribution in [2.24, 2.45) is 0 Å². The molecular formula is C12H17N3O2. The molecule has 0 radical (unpaired) electrons. The molecule has 1 aliphatic rings. The second-order valence-electron chi connectivity index (χ2n) is 4.58. The highest BCUT2D eigenvalue weighted by molar-refractivity contribution is 5.68. The topological polar surface area (TPSA) is 65.5 Å². The maximum atomic E-state index is 10.9. The number of hydrogen-bond acceptors (Lipinski definition) is 4. The van der Waals surface area contributed by atoms with Gasteiger partial charge in [0, 0.05) is 25.8 Å². The highest BCUT2D eigenvalue weighted by Crippen LogP contribution is 2.24. The van der Waals surface area contributed by atoms with Crippen molar-refractivity contribution < 1.29 is 9.90 Å². The van der Waals surface area contributed by atoms with Crippen LogP contribution in [0, 0.1) is 0 Å². The van der Waals surface area contributed by atoms with Crippen molar-refractivity contribution in [2.45, 2.75) is 18.5 Å². The normalized spacial score (nSPS) is 17.8. The van der Waals surface area contributed by atoms with Crippen LogP contribution in [0.2, 0.25) is 0 Å². The van der Waals surface area contributed by atoms with Crippen LogP contribution in [-0.2, 0) is 11.3 Å². The van der Waals surface area contributed by atoms with E-state index in [9.17, 15) is 4.79 Å². The number of carboxylic acids is 1. The Morgan fingerprint density at radius 3 is 2.82 bits per heavy atom. The van der Waals surface area contributed by atoms with Crippen LogP contribution in [0.3, 0.4) is 0 Å². The Bertz CT molecular complexity index is 390. The molecule has 2 rings (SSSR count). The number of carboxylic acid groups (broad SMARTS) is 1. The first kappa shape index (κ1) is 12.0. The third kappa shape index (κ3) is 2.62. The Morgan fingerprint density at radius 1 is 1.59 bits per heavy atom. The first-order valence-corrected chi connectivity index (χ1v) is 5.66. The third-order valence-electron chi connectivity index (χ3n) is 3.32. The summed E-state index contributed by atoms with van der Waals surface area (Å²) < 4.78 is 0. The lowest BCUT2D eigenvalue weighted by atomic mass is 9.86. The number of aromatic nitrogens is 1. The van der Waals surface area contributed by atoms with Crippen molar-refractivity contribution in [1.29, 1.82) is 0 Å². The molecule has 1 aromatic heterocycles. The van der Waals surface area contributed by atoms with Gasteiger partial charge in [-0.3, -0.25) is 14.7 Å². The van der Waals surface area contributed by atoms with Gasteiger partial charge in [0.05, 0.1) is 17.7 Å². The van der Waals surface area contributed by atoms with E-state index in [4.69, 9.17) is 5.11 Å². The van der Waals surface area contributed by atoms with Gasteiger partial charge in [-0.2, -0.15) is 0 Å². The average Bonchev–Trinajstić information content (AvgIpc) is 2.24. The molecular weight excluding hydrogens is 218 g/mol. The molecule has 1 fully saturated rings. The molecule has 5 nitrogen and oxygen atoms in total. The predicted octanol–water partition coefficient (Wildman–Crippen LogP) is 0.330. The second kappa shape index (κ2) is 4.81. The van der Waals surface area contributed by atoms with Gasteiger partial charge in [0.25, 0.3) is 0 Å². The SMILES string of the molecule is CN(Cc1ccccn1)C1(CC(=O)O)CNC1. The number of likely N-dealkylation sites (N-methyl/N-ethyl adjacent to an activating group) is 1. The van der Waals surface area contributed by atoms with Crippen LogP contribution in [-0.4, -0.2) is 46.6 Å². The summed E-state index contributed by atoms with van der Waals surface area (Å²) in [6.45, 7) is 2.13. The lowest BCUT2D eigenvalue weighted by Crippen LogP contribution is -2.68. The van der Waals surface area contributed by atoms with Gasteiger partial charge in [0.2, 0.25) is 0 Å². The zero-order valence-electron chi connectivity index (χ0n) is 9.89. The van der Waals surface area contributed by atoms with Gasteiger partial charge in [-0.15, -0.1) is 0 Å². The Morgan fingerprint density at radius 2 is 2.35 bits per heavy atom. The van der Waals surface area contributed by atoms with Crippen LogP contribution < -0.4 is 5.32 Å². The maximum Gasteiger partial charge on any atom is 0.305 e. The van der Waals surface area contributed by atoms with E-state index < -0.39 is 5.97 Å². The lowest BCUT2D eigenvalue weighted by Gasteiger charge is -2.48. The summed E-state index contributed by atoms with van der Waals surface area (Å²) in [5.41, 5.74) is 0.704. The number of nitrogens with zero attached hydrogens (tertiary/aromatic N) is 2. The fourth-order valence-electron chi connectivity index (χ4n) is 2.13. The molecule has 0 aromatic carbocycles. The zero-order chi connectivity index (χ0) is 12.3. The summed E-state index contributed by atoms with van der Waals surface area (Å²) in [7, 11) is 1.96. The lowest BCUT2D eigenvalue weighted by molar-refractivity contribution is -0.141. The number of rotatable bonds is 5. The first-order valence-electron chi connectivity index (χ1n) is 5.66. The van der Waals surface area contributed by atoms with Crippen molar-refractivity contribution in [3.63, 3.8) is 0 Å². The Labute approximate surface area is 100 Å². The summed E-state index contributed by atoms with van der Waals surface area (Å²) >= 11 is 0. The van der Waals surface area contributed by atoms with E-state index in [0.29, 0.717) is 6.54 Å². The summed E-state index contributed by atoms with van der Waals surface area (Å²) in [6.07, 6.45) is 1.93. The number of aliphatic carboxylic acids is 1. The minimum Gasteiger partial charge on any atom is -0.481 e. The van der Waals surface area contributed by atoms with Gasteiger partial charge in [0.1, 0.15) is 0 Å². The standard InChI is InChI=1S/C12H17N3O2/c1-15(7-10-4-2-3-5-14-10)12(6-11(16)17)8-13-9-12/h2-5,13H,6-9H2,1H3,(H,16,17). The quantitative estimate of drug-likeness (QED) is 0.770. The molecule has 0 unspecified atom stereocenters. The number of hydrogen-bond donors (Lipinski definition) is 2. The van der Waals surface area contributed by atoms with Crippen molar-refractivity contribution in [2.75, 3.05) is 20.1 Å². The molecule has 0 atom stereocenters. The fourth-order valence-corrected chi connectivity index (χ4v) is 2.13. The van der Waals surface area contributed by atoms with Gasteiger partial charge in [-0.05, 0) is 19.2 Å². The molecule has 2 N–H and O–H groups in total. The molecule has 17 heavy (non-hydrogen) atoms. The van der Waals surface area contributed by atoms with E-state index in [1.54, 1.807) is 6.20 Å². The third-order valence-corrected chi connectivity index (χ3v) is 3.32. The number of carbonyl (C=O) groups is 1. The van der Waals surface area contributed by atoms with Crippen molar-refractivity contribution >= 4 is 5.97 Å². The molecule has 0 spiro atoms. The molecule has 92 valence electrons. The smallest absolute Gasteiger partial charge is 0.305 e. The van der Waals surface area contributed by atoms with Gasteiger partial charge in [-0.25, -0.2) is 0 Å². The molecule has 1 aliphatic heterocycles. The minimum atomic E-state index is -0.751. The molecule has 2 heterocycles. The fraction of sp³-hybridized carbons (Fsp3) is 0.500. The molecule has 1 saturated heterocycles. The number of nitrogens with one attached hydrogen (secondary N) is 1. The van der Waals surface area contributed by atoms with Crippen molar-refractivity contribution in [3.05, 3.63) is 30.1 Å². The molecule has 0 saturated carbocycles. The zero-order valence-corrected chi connectivity index (χ0v) is 9.89. The molecule has 0 amide bonds. The van der Waals surface area contributed by atoms with Crippen molar-refractivity contribution in [1.82, 2.24) is 15.2 Å². The van der Waals surface area contributed by atoms with Gasteiger partial charge >= 0.3 is 5.97 Å². The highest BCUT2D eigenvalue weighted by atomic mass is 16.4. The van der Waals surface area contributed by atoms with E-state index in [1.165, 1.54) is 0 Å². The van der Waals surface area contributed by atoms with Crippen LogP contribution in [0.4, 0.5) is 0 Å². The first-order chi connectivity index (χ1) is 8.12. The number of pyridine rings is 1. The van der Waals surface area contributed by atoms with Gasteiger partial charge in [0.15, 0.2) is 0 Å². The van der Waals surface area contributed by atoms with Crippen molar-refractivity contribution in [3.8, 4) is 0 Å². The second-order valence-corrected chi connectivity index (χ2v) is 4.58. The molecule has 1 aromatic rings. The van der Waals surface area contributed by atoms with E-state index in [-0.39, 0.29) is 12.0 Å². The predicted molar refractivity (Wildman–Crippen MR) is 63.6 cm³/mol.